The van der Waals surface area contributed by atoms with E-state index < -0.39 is 17.9 Å². The highest BCUT2D eigenvalue weighted by molar-refractivity contribution is 5.95. The van der Waals surface area contributed by atoms with Crippen LogP contribution in [-0.4, -0.2) is 25.2 Å². The molecule has 0 saturated carbocycles. The van der Waals surface area contributed by atoms with Crippen molar-refractivity contribution in [1.82, 2.24) is 0 Å². The Morgan fingerprint density at radius 3 is 2.37 bits per heavy atom. The molecule has 0 aliphatic heterocycles. The second kappa shape index (κ2) is 8.51. The van der Waals surface area contributed by atoms with Crippen molar-refractivity contribution in [3.63, 3.8) is 0 Å². The van der Waals surface area contributed by atoms with Gasteiger partial charge in [0, 0.05) is 0 Å². The summed E-state index contributed by atoms with van der Waals surface area (Å²) < 4.78 is 9.91. The molecule has 0 aromatic carbocycles. The van der Waals surface area contributed by atoms with Gasteiger partial charge in [-0.1, -0.05) is 23.8 Å². The van der Waals surface area contributed by atoms with Gasteiger partial charge in [-0.25, -0.2) is 0 Å². The van der Waals surface area contributed by atoms with E-state index in [1.807, 2.05) is 6.08 Å². The number of hydrogen-bond donors (Lipinski definition) is 0. The Kier molecular flexibility index (Phi) is 6.93. The fraction of sp³-hybridized carbons (Fsp3) is 0.600. The number of esters is 2. The van der Waals surface area contributed by atoms with Crippen molar-refractivity contribution < 1.29 is 19.1 Å². The average molecular weight is 266 g/mol. The molecule has 0 N–H and O–H groups in total. The Morgan fingerprint density at radius 2 is 1.79 bits per heavy atom. The Bertz CT molecular complexity index is 350. The molecule has 19 heavy (non-hydrogen) atoms. The maximum Gasteiger partial charge on any atom is 0.320 e. The molecule has 4 heteroatoms. The summed E-state index contributed by atoms with van der Waals surface area (Å²) in [5.41, 5.74) is 1.00. The molecule has 0 radical (unpaired) electrons. The van der Waals surface area contributed by atoms with E-state index >= 15 is 0 Å². The molecule has 0 heterocycles. The monoisotopic (exact) mass is 266 g/mol. The fourth-order valence-electron chi connectivity index (χ4n) is 1.96. The van der Waals surface area contributed by atoms with E-state index in [1.54, 1.807) is 13.8 Å². The van der Waals surface area contributed by atoms with Crippen molar-refractivity contribution in [2.24, 2.45) is 5.92 Å². The molecule has 1 rings (SSSR count). The van der Waals surface area contributed by atoms with Gasteiger partial charge in [0.15, 0.2) is 5.92 Å². The number of carbonyl (C=O) groups is 2. The van der Waals surface area contributed by atoms with Gasteiger partial charge in [0.05, 0.1) is 13.2 Å². The first-order valence-corrected chi connectivity index (χ1v) is 6.87. The number of allylic oxidation sites excluding steroid dienone is 4. The van der Waals surface area contributed by atoms with Gasteiger partial charge in [-0.05, 0) is 39.5 Å². The smallest absolute Gasteiger partial charge is 0.320 e. The molecule has 1 aliphatic carbocycles. The molecule has 0 aromatic heterocycles. The SMILES string of the molecule is CCOC(=O)C(CC1=CCCCC=C1)C(=O)OCC. The van der Waals surface area contributed by atoms with Gasteiger partial charge in [-0.3, -0.25) is 9.59 Å². The zero-order valence-electron chi connectivity index (χ0n) is 11.7. The minimum Gasteiger partial charge on any atom is -0.465 e. The lowest BCUT2D eigenvalue weighted by atomic mass is 9.98. The first-order valence-electron chi connectivity index (χ1n) is 6.87. The van der Waals surface area contributed by atoms with E-state index in [0.29, 0.717) is 6.42 Å². The third-order valence-electron chi connectivity index (χ3n) is 2.90. The van der Waals surface area contributed by atoms with Crippen LogP contribution in [0.2, 0.25) is 0 Å². The predicted molar refractivity (Wildman–Crippen MR) is 72.4 cm³/mol. The number of carbonyl (C=O) groups excluding carboxylic acids is 2. The van der Waals surface area contributed by atoms with Gasteiger partial charge in [0.1, 0.15) is 0 Å². The number of ether oxygens (including phenoxy) is 2. The molecule has 0 fully saturated rings. The molecule has 0 saturated heterocycles. The second-order valence-corrected chi connectivity index (χ2v) is 4.37. The second-order valence-electron chi connectivity index (χ2n) is 4.37. The topological polar surface area (TPSA) is 52.6 Å². The molecule has 0 spiro atoms. The standard InChI is InChI=1S/C15H22O4/c1-3-18-14(16)13(15(17)19-4-2)11-12-9-7-5-6-8-10-12/h7,9-10,13H,3-6,8,11H2,1-2H3. The van der Waals surface area contributed by atoms with Crippen molar-refractivity contribution in [3.05, 3.63) is 23.8 Å². The Hall–Kier alpha value is -1.58. The first kappa shape index (κ1) is 15.5. The summed E-state index contributed by atoms with van der Waals surface area (Å²) in [6, 6.07) is 0. The highest BCUT2D eigenvalue weighted by Gasteiger charge is 2.30. The maximum atomic E-state index is 11.8. The van der Waals surface area contributed by atoms with E-state index in [2.05, 4.69) is 12.2 Å². The van der Waals surface area contributed by atoms with E-state index in [4.69, 9.17) is 9.47 Å². The zero-order chi connectivity index (χ0) is 14.1. The van der Waals surface area contributed by atoms with Crippen LogP contribution in [-0.2, 0) is 19.1 Å². The van der Waals surface area contributed by atoms with E-state index in [1.165, 1.54) is 0 Å². The summed E-state index contributed by atoms with van der Waals surface area (Å²) in [6.07, 6.45) is 9.60. The third-order valence-corrected chi connectivity index (χ3v) is 2.90. The van der Waals surface area contributed by atoms with Crippen LogP contribution in [0, 0.1) is 5.92 Å². The molecule has 0 atom stereocenters. The summed E-state index contributed by atoms with van der Waals surface area (Å²) in [7, 11) is 0. The summed E-state index contributed by atoms with van der Waals surface area (Å²) in [5, 5.41) is 0. The highest BCUT2D eigenvalue weighted by Crippen LogP contribution is 2.20. The molecule has 0 unspecified atom stereocenters. The Labute approximate surface area is 114 Å². The van der Waals surface area contributed by atoms with Crippen LogP contribution in [0.15, 0.2) is 23.8 Å². The van der Waals surface area contributed by atoms with Crippen LogP contribution >= 0.6 is 0 Å². The van der Waals surface area contributed by atoms with Crippen LogP contribution in [0.25, 0.3) is 0 Å². The summed E-state index contributed by atoms with van der Waals surface area (Å²) in [6.45, 7) is 3.99. The van der Waals surface area contributed by atoms with Gasteiger partial charge in [0.25, 0.3) is 0 Å². The summed E-state index contributed by atoms with van der Waals surface area (Å²) >= 11 is 0. The Balaban J connectivity index is 2.75. The van der Waals surface area contributed by atoms with Crippen molar-refractivity contribution in [2.45, 2.75) is 39.5 Å². The minimum atomic E-state index is -0.853. The largest absolute Gasteiger partial charge is 0.465 e. The molecule has 1 aliphatic rings. The predicted octanol–water partition coefficient (Wildman–Crippen LogP) is 2.79. The van der Waals surface area contributed by atoms with E-state index in [9.17, 15) is 9.59 Å². The van der Waals surface area contributed by atoms with Crippen molar-refractivity contribution >= 4 is 11.9 Å². The van der Waals surface area contributed by atoms with Crippen LogP contribution in [0.3, 0.4) is 0 Å². The summed E-state index contributed by atoms with van der Waals surface area (Å²) in [4.78, 5) is 23.7. The van der Waals surface area contributed by atoms with E-state index in [0.717, 1.165) is 24.8 Å². The number of hydrogen-bond acceptors (Lipinski definition) is 4. The van der Waals surface area contributed by atoms with Gasteiger partial charge in [-0.2, -0.15) is 0 Å². The molecule has 106 valence electrons. The average Bonchev–Trinajstić information content (AvgIpc) is 2.64. The van der Waals surface area contributed by atoms with Crippen LogP contribution < -0.4 is 0 Å². The van der Waals surface area contributed by atoms with Crippen LogP contribution in [0.1, 0.15) is 39.5 Å². The normalized spacial score (nSPS) is 14.8. The lowest BCUT2D eigenvalue weighted by Crippen LogP contribution is -2.28. The van der Waals surface area contributed by atoms with Gasteiger partial charge in [0.2, 0.25) is 0 Å². The molecule has 4 nitrogen and oxygen atoms in total. The molecule has 0 aromatic rings. The quantitative estimate of drug-likeness (QED) is 0.548. The lowest BCUT2D eigenvalue weighted by molar-refractivity contribution is -0.161. The summed E-state index contributed by atoms with van der Waals surface area (Å²) in [5.74, 6) is -1.85. The number of rotatable bonds is 6. The maximum absolute atomic E-state index is 11.8. The van der Waals surface area contributed by atoms with Gasteiger partial charge < -0.3 is 9.47 Å². The van der Waals surface area contributed by atoms with Gasteiger partial charge in [-0.15, -0.1) is 0 Å². The van der Waals surface area contributed by atoms with Gasteiger partial charge >= 0.3 is 11.9 Å². The molecular formula is C15H22O4. The van der Waals surface area contributed by atoms with Crippen molar-refractivity contribution in [2.75, 3.05) is 13.2 Å². The fourth-order valence-corrected chi connectivity index (χ4v) is 1.96. The van der Waals surface area contributed by atoms with Crippen LogP contribution in [0.4, 0.5) is 0 Å². The third kappa shape index (κ3) is 5.28. The van der Waals surface area contributed by atoms with Crippen molar-refractivity contribution in [1.29, 1.82) is 0 Å². The molecule has 0 amide bonds. The zero-order valence-corrected chi connectivity index (χ0v) is 11.7. The highest BCUT2D eigenvalue weighted by atomic mass is 16.6. The first-order chi connectivity index (χ1) is 9.19. The Morgan fingerprint density at radius 1 is 1.16 bits per heavy atom. The van der Waals surface area contributed by atoms with Crippen molar-refractivity contribution in [3.8, 4) is 0 Å². The molecular weight excluding hydrogens is 244 g/mol. The minimum absolute atomic E-state index is 0.267. The van der Waals surface area contributed by atoms with E-state index in [-0.39, 0.29) is 13.2 Å². The lowest BCUT2D eigenvalue weighted by Gasteiger charge is -2.14. The van der Waals surface area contributed by atoms with Crippen LogP contribution in [0.5, 0.6) is 0 Å². The molecule has 0 bridgehead atoms.